The molecular weight excluding hydrogens is 458 g/mol. The fraction of sp³-hybridized carbons (Fsp3) is 0.143. The molecule has 0 radical (unpaired) electrons. The molecule has 0 unspecified atom stereocenters. The van der Waals surface area contributed by atoms with Gasteiger partial charge in [-0.3, -0.25) is 9.40 Å². The van der Waals surface area contributed by atoms with Gasteiger partial charge in [0.25, 0.3) is 10.0 Å². The Bertz CT molecular complexity index is 1380. The first-order valence-electron chi connectivity index (χ1n) is 9.19. The Morgan fingerprint density at radius 2 is 1.94 bits per heavy atom. The van der Waals surface area contributed by atoms with E-state index in [0.717, 1.165) is 22.4 Å². The highest BCUT2D eigenvalue weighted by atomic mass is 35.5. The number of hydrogen-bond donors (Lipinski definition) is 1. The Morgan fingerprint density at radius 1 is 1.19 bits per heavy atom. The number of sulfonamides is 1. The van der Waals surface area contributed by atoms with E-state index < -0.39 is 16.0 Å². The molecule has 10 heteroatoms. The van der Waals surface area contributed by atoms with Gasteiger partial charge in [-0.1, -0.05) is 41.4 Å². The Hall–Kier alpha value is -2.88. The van der Waals surface area contributed by atoms with E-state index in [1.54, 1.807) is 22.9 Å². The highest BCUT2D eigenvalue weighted by Gasteiger charge is 2.25. The van der Waals surface area contributed by atoms with Gasteiger partial charge in [-0.05, 0) is 42.1 Å². The summed E-state index contributed by atoms with van der Waals surface area (Å²) in [5.41, 5.74) is 3.33. The third kappa shape index (κ3) is 4.30. The summed E-state index contributed by atoms with van der Waals surface area (Å²) in [7, 11) is -2.79. The molecule has 0 saturated carbocycles. The van der Waals surface area contributed by atoms with E-state index in [2.05, 4.69) is 14.6 Å². The predicted octanol–water partition coefficient (Wildman–Crippen LogP) is 4.70. The Balaban J connectivity index is 1.64. The predicted molar refractivity (Wildman–Crippen MR) is 121 cm³/mol. The number of esters is 1. The Labute approximate surface area is 188 Å². The molecule has 2 heterocycles. The van der Waals surface area contributed by atoms with Gasteiger partial charge in [-0.15, -0.1) is 11.3 Å². The van der Waals surface area contributed by atoms with E-state index in [4.69, 9.17) is 11.6 Å². The first-order valence-corrected chi connectivity index (χ1v) is 11.9. The van der Waals surface area contributed by atoms with Crippen LogP contribution in [0.25, 0.3) is 10.9 Å². The molecule has 2 aromatic carbocycles. The topological polar surface area (TPSA) is 90.3 Å². The number of aromatic nitrogens is 2. The van der Waals surface area contributed by atoms with Crippen LogP contribution in [0.2, 0.25) is 5.15 Å². The van der Waals surface area contributed by atoms with Crippen molar-refractivity contribution in [1.29, 1.82) is 0 Å². The molecule has 0 aliphatic carbocycles. The molecule has 0 aliphatic rings. The summed E-state index contributed by atoms with van der Waals surface area (Å²) in [4.78, 5) is 11.7. The zero-order chi connectivity index (χ0) is 22.2. The lowest BCUT2D eigenvalue weighted by Gasteiger charge is -2.09. The number of thiophene rings is 1. The zero-order valence-electron chi connectivity index (χ0n) is 16.6. The van der Waals surface area contributed by atoms with Gasteiger partial charge in [0.2, 0.25) is 0 Å². The first-order chi connectivity index (χ1) is 14.8. The van der Waals surface area contributed by atoms with Crippen LogP contribution in [-0.4, -0.2) is 31.3 Å². The second-order valence-corrected chi connectivity index (χ2v) is 9.80. The van der Waals surface area contributed by atoms with Crippen molar-refractivity contribution in [3.8, 4) is 0 Å². The number of carbonyl (C=O) groups is 1. The fourth-order valence-corrected chi connectivity index (χ4v) is 5.78. The largest absolute Gasteiger partial charge is 0.465 e. The van der Waals surface area contributed by atoms with E-state index in [9.17, 15) is 13.2 Å². The van der Waals surface area contributed by atoms with Gasteiger partial charge < -0.3 is 4.74 Å². The van der Waals surface area contributed by atoms with Crippen LogP contribution in [0.4, 0.5) is 5.69 Å². The second-order valence-electron chi connectivity index (χ2n) is 6.88. The molecule has 0 amide bonds. The number of benzene rings is 2. The highest BCUT2D eigenvalue weighted by molar-refractivity contribution is 7.93. The Kier molecular flexibility index (Phi) is 5.74. The summed E-state index contributed by atoms with van der Waals surface area (Å²) in [5.74, 6) is -0.703. The molecule has 4 rings (SSSR count). The third-order valence-corrected chi connectivity index (χ3v) is 7.43. The van der Waals surface area contributed by atoms with Gasteiger partial charge in [-0.25, -0.2) is 13.2 Å². The van der Waals surface area contributed by atoms with Crippen molar-refractivity contribution in [2.75, 3.05) is 11.8 Å². The van der Waals surface area contributed by atoms with Gasteiger partial charge in [-0.2, -0.15) is 5.10 Å². The summed E-state index contributed by atoms with van der Waals surface area (Å²) >= 11 is 7.33. The number of hydrogen-bond acceptors (Lipinski definition) is 6. The maximum atomic E-state index is 12.8. The average molecular weight is 476 g/mol. The molecule has 2 aromatic heterocycles. The molecule has 31 heavy (non-hydrogen) atoms. The maximum absolute atomic E-state index is 12.8. The smallest absolute Gasteiger partial charge is 0.349 e. The molecular formula is C21H18ClN3O4S2. The molecule has 4 aromatic rings. The summed E-state index contributed by atoms with van der Waals surface area (Å²) in [5, 5.41) is 6.80. The van der Waals surface area contributed by atoms with Crippen LogP contribution < -0.4 is 4.72 Å². The van der Waals surface area contributed by atoms with Gasteiger partial charge in [0.05, 0.1) is 19.2 Å². The van der Waals surface area contributed by atoms with Gasteiger partial charge in [0.15, 0.2) is 5.15 Å². The summed E-state index contributed by atoms with van der Waals surface area (Å²) in [6, 6.07) is 14.5. The van der Waals surface area contributed by atoms with Crippen LogP contribution in [0, 0.1) is 6.92 Å². The van der Waals surface area contributed by atoms with Gasteiger partial charge in [0, 0.05) is 11.1 Å². The second kappa shape index (κ2) is 8.33. The van der Waals surface area contributed by atoms with Crippen LogP contribution >= 0.6 is 22.9 Å². The number of fused-ring (bicyclic) bond motifs is 1. The number of ether oxygens (including phenoxy) is 1. The number of nitrogens with one attached hydrogen (secondary N) is 1. The van der Waals surface area contributed by atoms with Crippen LogP contribution in [0.3, 0.4) is 0 Å². The zero-order valence-corrected chi connectivity index (χ0v) is 19.0. The first kappa shape index (κ1) is 21.4. The lowest BCUT2D eigenvalue weighted by Crippen LogP contribution is -2.15. The van der Waals surface area contributed by atoms with E-state index in [-0.39, 0.29) is 14.9 Å². The molecule has 7 nitrogen and oxygen atoms in total. The summed E-state index contributed by atoms with van der Waals surface area (Å²) < 4.78 is 34.6. The minimum Gasteiger partial charge on any atom is -0.465 e. The molecule has 160 valence electrons. The van der Waals surface area contributed by atoms with E-state index >= 15 is 0 Å². The number of methoxy groups -OCH3 is 1. The van der Waals surface area contributed by atoms with Crippen molar-refractivity contribution < 1.29 is 17.9 Å². The number of carbonyl (C=O) groups excluding carboxylic acids is 1. The molecule has 0 aliphatic heterocycles. The fourth-order valence-electron chi connectivity index (χ4n) is 3.15. The average Bonchev–Trinajstić information content (AvgIpc) is 3.35. The Morgan fingerprint density at radius 3 is 2.65 bits per heavy atom. The molecule has 0 fully saturated rings. The number of anilines is 1. The van der Waals surface area contributed by atoms with Crippen molar-refractivity contribution >= 4 is 55.5 Å². The normalized spacial score (nSPS) is 11.6. The van der Waals surface area contributed by atoms with Crippen molar-refractivity contribution in [1.82, 2.24) is 9.78 Å². The summed E-state index contributed by atoms with van der Waals surface area (Å²) in [6.07, 6.45) is 0. The number of rotatable bonds is 6. The third-order valence-electron chi connectivity index (χ3n) is 4.70. The van der Waals surface area contributed by atoms with Crippen molar-refractivity contribution in [3.63, 3.8) is 0 Å². The number of nitrogens with zero attached hydrogens (tertiary/aromatic N) is 2. The number of halogens is 1. The SMILES string of the molecule is COC(=O)c1sccc1S(=O)(=O)Nc1ccc2c(c1)c(Cl)nn2Cc1ccc(C)cc1. The minimum atomic E-state index is -3.99. The lowest BCUT2D eigenvalue weighted by molar-refractivity contribution is 0.0602. The van der Waals surface area contributed by atoms with Crippen LogP contribution in [0.15, 0.2) is 58.8 Å². The molecule has 0 spiro atoms. The van der Waals surface area contributed by atoms with E-state index in [0.29, 0.717) is 17.6 Å². The maximum Gasteiger partial charge on any atom is 0.349 e. The van der Waals surface area contributed by atoms with E-state index in [1.165, 1.54) is 24.1 Å². The van der Waals surface area contributed by atoms with Gasteiger partial charge in [0.1, 0.15) is 9.77 Å². The lowest BCUT2D eigenvalue weighted by atomic mass is 10.1. The van der Waals surface area contributed by atoms with Gasteiger partial charge >= 0.3 is 5.97 Å². The molecule has 0 atom stereocenters. The standard InChI is InChI=1S/C21H18ClN3O4S2/c1-13-3-5-14(6-4-13)12-25-17-8-7-15(11-16(17)20(22)23-25)24-31(27,28)18-9-10-30-19(18)21(26)29-2/h3-11,24H,12H2,1-2H3. The van der Waals surface area contributed by atoms with Crippen molar-refractivity contribution in [3.05, 3.63) is 75.1 Å². The quantitative estimate of drug-likeness (QED) is 0.408. The van der Waals surface area contributed by atoms with E-state index in [1.807, 2.05) is 31.2 Å². The van der Waals surface area contributed by atoms with Crippen LogP contribution in [-0.2, 0) is 21.3 Å². The van der Waals surface area contributed by atoms with Crippen molar-refractivity contribution in [2.24, 2.45) is 0 Å². The minimum absolute atomic E-state index is 0.0139. The number of aryl methyl sites for hydroxylation is 1. The van der Waals surface area contributed by atoms with Crippen LogP contribution in [0.1, 0.15) is 20.8 Å². The summed E-state index contributed by atoms with van der Waals surface area (Å²) in [6.45, 7) is 2.56. The molecule has 0 saturated heterocycles. The monoisotopic (exact) mass is 475 g/mol. The van der Waals surface area contributed by atoms with Crippen molar-refractivity contribution in [2.45, 2.75) is 18.4 Å². The molecule has 0 bridgehead atoms. The van der Waals surface area contributed by atoms with Crippen LogP contribution in [0.5, 0.6) is 0 Å². The molecule has 1 N–H and O–H groups in total. The highest BCUT2D eigenvalue weighted by Crippen LogP contribution is 2.29.